The standard InChI is InChI=1S/C24H28N4O4/c1-30-19-13-16(14-20(31-2)23(19)32-3)15-22(29)25-18-10-8-17(9-11-18)24-27-26-21-7-5-4-6-12-28(21)24/h8-11,13-14H,4-7,12,15H2,1-3H3,(H,25,29). The molecule has 2 aromatic carbocycles. The van der Waals surface area contributed by atoms with E-state index >= 15 is 0 Å². The molecule has 4 rings (SSSR count). The molecule has 168 valence electrons. The van der Waals surface area contributed by atoms with Gasteiger partial charge in [0.1, 0.15) is 5.82 Å². The molecule has 8 nitrogen and oxygen atoms in total. The predicted octanol–water partition coefficient (Wildman–Crippen LogP) is 3.88. The summed E-state index contributed by atoms with van der Waals surface area (Å²) in [7, 11) is 4.65. The third kappa shape index (κ3) is 4.54. The fourth-order valence-electron chi connectivity index (χ4n) is 4.03. The van der Waals surface area contributed by atoms with Gasteiger partial charge in [0.2, 0.25) is 11.7 Å². The van der Waals surface area contributed by atoms with Gasteiger partial charge in [-0.3, -0.25) is 4.79 Å². The van der Waals surface area contributed by atoms with Crippen molar-refractivity contribution in [1.82, 2.24) is 14.8 Å². The fourth-order valence-corrected chi connectivity index (χ4v) is 4.03. The molecule has 1 aromatic heterocycles. The first-order chi connectivity index (χ1) is 15.6. The molecule has 3 aromatic rings. The highest BCUT2D eigenvalue weighted by molar-refractivity contribution is 5.92. The summed E-state index contributed by atoms with van der Waals surface area (Å²) < 4.78 is 18.3. The first-order valence-electron chi connectivity index (χ1n) is 10.7. The van der Waals surface area contributed by atoms with Crippen LogP contribution in [0.3, 0.4) is 0 Å². The smallest absolute Gasteiger partial charge is 0.228 e. The van der Waals surface area contributed by atoms with E-state index in [1.807, 2.05) is 24.3 Å². The maximum Gasteiger partial charge on any atom is 0.228 e. The number of nitrogens with zero attached hydrogens (tertiary/aromatic N) is 3. The average Bonchev–Trinajstić information content (AvgIpc) is 3.06. The fraction of sp³-hybridized carbons (Fsp3) is 0.375. The van der Waals surface area contributed by atoms with Crippen molar-refractivity contribution in [1.29, 1.82) is 0 Å². The molecular formula is C24H28N4O4. The Kier molecular flexibility index (Phi) is 6.58. The second-order valence-corrected chi connectivity index (χ2v) is 7.74. The maximum absolute atomic E-state index is 12.6. The number of hydrogen-bond donors (Lipinski definition) is 1. The van der Waals surface area contributed by atoms with E-state index in [2.05, 4.69) is 20.1 Å². The highest BCUT2D eigenvalue weighted by Crippen LogP contribution is 2.38. The molecule has 0 bridgehead atoms. The monoisotopic (exact) mass is 436 g/mol. The zero-order valence-corrected chi connectivity index (χ0v) is 18.7. The zero-order valence-electron chi connectivity index (χ0n) is 18.7. The summed E-state index contributed by atoms with van der Waals surface area (Å²) in [4.78, 5) is 12.6. The number of benzene rings is 2. The van der Waals surface area contributed by atoms with Crippen LogP contribution in [0.4, 0.5) is 5.69 Å². The summed E-state index contributed by atoms with van der Waals surface area (Å²) in [6.07, 6.45) is 4.68. The van der Waals surface area contributed by atoms with Crippen molar-refractivity contribution < 1.29 is 19.0 Å². The van der Waals surface area contributed by atoms with Crippen LogP contribution >= 0.6 is 0 Å². The van der Waals surface area contributed by atoms with Gasteiger partial charge in [-0.2, -0.15) is 0 Å². The Morgan fingerprint density at radius 2 is 1.69 bits per heavy atom. The van der Waals surface area contributed by atoms with Gasteiger partial charge in [-0.1, -0.05) is 6.42 Å². The predicted molar refractivity (Wildman–Crippen MR) is 121 cm³/mol. The van der Waals surface area contributed by atoms with Crippen LogP contribution in [0.15, 0.2) is 36.4 Å². The van der Waals surface area contributed by atoms with E-state index in [4.69, 9.17) is 14.2 Å². The Labute approximate surface area is 187 Å². The average molecular weight is 437 g/mol. The number of hydrogen-bond acceptors (Lipinski definition) is 6. The van der Waals surface area contributed by atoms with Crippen LogP contribution in [-0.4, -0.2) is 42.0 Å². The van der Waals surface area contributed by atoms with E-state index in [0.717, 1.165) is 54.3 Å². The van der Waals surface area contributed by atoms with E-state index in [-0.39, 0.29) is 12.3 Å². The number of carbonyl (C=O) groups excluding carboxylic acids is 1. The minimum Gasteiger partial charge on any atom is -0.493 e. The molecule has 1 N–H and O–H groups in total. The lowest BCUT2D eigenvalue weighted by Gasteiger charge is -2.14. The maximum atomic E-state index is 12.6. The highest BCUT2D eigenvalue weighted by Gasteiger charge is 2.17. The number of carbonyl (C=O) groups is 1. The SMILES string of the molecule is COc1cc(CC(=O)Nc2ccc(-c3nnc4n3CCCCC4)cc2)cc(OC)c1OC. The van der Waals surface area contributed by atoms with Crippen molar-refractivity contribution in [2.24, 2.45) is 0 Å². The molecule has 0 fully saturated rings. The van der Waals surface area contributed by atoms with E-state index < -0.39 is 0 Å². The summed E-state index contributed by atoms with van der Waals surface area (Å²) in [5.74, 6) is 3.35. The summed E-state index contributed by atoms with van der Waals surface area (Å²) in [6, 6.07) is 11.3. The molecule has 1 aliphatic rings. The second-order valence-electron chi connectivity index (χ2n) is 7.74. The number of fused-ring (bicyclic) bond motifs is 1. The van der Waals surface area contributed by atoms with Gasteiger partial charge in [0.05, 0.1) is 27.8 Å². The zero-order chi connectivity index (χ0) is 22.5. The molecule has 0 saturated carbocycles. The van der Waals surface area contributed by atoms with Crippen molar-refractivity contribution in [3.8, 4) is 28.6 Å². The number of nitrogens with one attached hydrogen (secondary N) is 1. The Balaban J connectivity index is 1.45. The number of anilines is 1. The van der Waals surface area contributed by atoms with E-state index in [0.29, 0.717) is 17.2 Å². The van der Waals surface area contributed by atoms with Crippen LogP contribution in [0, 0.1) is 0 Å². The van der Waals surface area contributed by atoms with E-state index in [9.17, 15) is 4.79 Å². The minimum absolute atomic E-state index is 0.136. The van der Waals surface area contributed by atoms with Crippen molar-refractivity contribution in [2.45, 2.75) is 38.6 Å². The van der Waals surface area contributed by atoms with Gasteiger partial charge < -0.3 is 24.1 Å². The van der Waals surface area contributed by atoms with Gasteiger partial charge in [0.25, 0.3) is 0 Å². The van der Waals surface area contributed by atoms with Crippen LogP contribution in [0.25, 0.3) is 11.4 Å². The highest BCUT2D eigenvalue weighted by atomic mass is 16.5. The molecule has 1 aliphatic heterocycles. The number of methoxy groups -OCH3 is 3. The molecule has 0 atom stereocenters. The van der Waals surface area contributed by atoms with Gasteiger partial charge in [-0.15, -0.1) is 10.2 Å². The molecular weight excluding hydrogens is 408 g/mol. The molecule has 32 heavy (non-hydrogen) atoms. The lowest BCUT2D eigenvalue weighted by Crippen LogP contribution is -2.14. The van der Waals surface area contributed by atoms with E-state index in [1.54, 1.807) is 33.5 Å². The van der Waals surface area contributed by atoms with Crippen LogP contribution in [0.1, 0.15) is 30.7 Å². The van der Waals surface area contributed by atoms with Crippen molar-refractivity contribution in [2.75, 3.05) is 26.6 Å². The molecule has 0 unspecified atom stereocenters. The van der Waals surface area contributed by atoms with Gasteiger partial charge in [0.15, 0.2) is 17.3 Å². The van der Waals surface area contributed by atoms with Crippen molar-refractivity contribution in [3.63, 3.8) is 0 Å². The summed E-state index contributed by atoms with van der Waals surface area (Å²) >= 11 is 0. The lowest BCUT2D eigenvalue weighted by molar-refractivity contribution is -0.115. The largest absolute Gasteiger partial charge is 0.493 e. The van der Waals surface area contributed by atoms with Crippen LogP contribution in [-0.2, 0) is 24.2 Å². The summed E-state index contributed by atoms with van der Waals surface area (Å²) in [5, 5.41) is 11.7. The number of ether oxygens (including phenoxy) is 3. The Morgan fingerprint density at radius 1 is 0.969 bits per heavy atom. The van der Waals surface area contributed by atoms with Gasteiger partial charge in [-0.25, -0.2) is 0 Å². The number of aromatic nitrogens is 3. The topological polar surface area (TPSA) is 87.5 Å². The van der Waals surface area contributed by atoms with E-state index in [1.165, 1.54) is 6.42 Å². The quantitative estimate of drug-likeness (QED) is 0.605. The molecule has 0 radical (unpaired) electrons. The molecule has 0 saturated heterocycles. The Hall–Kier alpha value is -3.55. The molecule has 0 spiro atoms. The van der Waals surface area contributed by atoms with Crippen molar-refractivity contribution in [3.05, 3.63) is 47.8 Å². The first-order valence-corrected chi connectivity index (χ1v) is 10.7. The number of rotatable bonds is 7. The normalized spacial score (nSPS) is 13.1. The Bertz CT molecular complexity index is 1070. The molecule has 0 aliphatic carbocycles. The third-order valence-corrected chi connectivity index (χ3v) is 5.63. The van der Waals surface area contributed by atoms with Gasteiger partial charge >= 0.3 is 0 Å². The Morgan fingerprint density at radius 3 is 2.34 bits per heavy atom. The molecule has 8 heteroatoms. The van der Waals surface area contributed by atoms with Crippen molar-refractivity contribution >= 4 is 11.6 Å². The number of aryl methyl sites for hydroxylation is 1. The third-order valence-electron chi connectivity index (χ3n) is 5.63. The van der Waals surface area contributed by atoms with Gasteiger partial charge in [-0.05, 0) is 54.8 Å². The van der Waals surface area contributed by atoms with Crippen LogP contribution in [0.2, 0.25) is 0 Å². The first kappa shape index (κ1) is 21.7. The molecule has 1 amide bonds. The number of amides is 1. The minimum atomic E-state index is -0.136. The lowest BCUT2D eigenvalue weighted by atomic mass is 10.1. The second kappa shape index (κ2) is 9.72. The summed E-state index contributed by atoms with van der Waals surface area (Å²) in [5.41, 5.74) is 2.48. The van der Waals surface area contributed by atoms with Crippen LogP contribution in [0.5, 0.6) is 17.2 Å². The summed E-state index contributed by atoms with van der Waals surface area (Å²) in [6.45, 7) is 0.949. The van der Waals surface area contributed by atoms with Gasteiger partial charge in [0, 0.05) is 24.2 Å². The van der Waals surface area contributed by atoms with Crippen LogP contribution < -0.4 is 19.5 Å². The molecule has 2 heterocycles.